The predicted molar refractivity (Wildman–Crippen MR) is 72.8 cm³/mol. The maximum Gasteiger partial charge on any atom is 0.348 e. The van der Waals surface area contributed by atoms with Crippen LogP contribution >= 0.6 is 22.7 Å². The van der Waals surface area contributed by atoms with Crippen LogP contribution in [0.1, 0.15) is 15.4 Å². The van der Waals surface area contributed by atoms with Crippen molar-refractivity contribution >= 4 is 33.6 Å². The maximum atomic E-state index is 11.7. The number of aromatic nitrogens is 2. The molecule has 3 heterocycles. The molecule has 3 rings (SSSR count). The van der Waals surface area contributed by atoms with Crippen LogP contribution in [0.25, 0.3) is 4.96 Å². The van der Waals surface area contributed by atoms with Crippen molar-refractivity contribution in [2.75, 3.05) is 0 Å². The first-order chi connectivity index (χ1) is 9.24. The van der Waals surface area contributed by atoms with Crippen molar-refractivity contribution in [2.45, 2.75) is 6.61 Å². The Bertz CT molecular complexity index is 774. The van der Waals surface area contributed by atoms with E-state index >= 15 is 0 Å². The minimum absolute atomic E-state index is 0.000370. The molecule has 3 aromatic heterocycles. The van der Waals surface area contributed by atoms with Crippen LogP contribution in [0.5, 0.6) is 0 Å². The molecule has 0 amide bonds. The number of rotatable bonds is 3. The Hall–Kier alpha value is -1.99. The molecule has 0 saturated carbocycles. The first kappa shape index (κ1) is 12.1. The van der Waals surface area contributed by atoms with Gasteiger partial charge in [-0.2, -0.15) is 0 Å². The number of carbonyl (C=O) groups excluding carboxylic acids is 1. The van der Waals surface area contributed by atoms with E-state index in [1.54, 1.807) is 29.1 Å². The molecular weight excluding hydrogens is 284 g/mol. The van der Waals surface area contributed by atoms with E-state index in [2.05, 4.69) is 4.98 Å². The monoisotopic (exact) mass is 292 g/mol. The lowest BCUT2D eigenvalue weighted by Crippen LogP contribution is -2.14. The molecule has 0 fully saturated rings. The summed E-state index contributed by atoms with van der Waals surface area (Å²) in [6, 6.07) is 4.85. The SMILES string of the molecule is O=C(OCc1cc(=O)n2ccsc2n1)c1cccs1. The fourth-order valence-electron chi connectivity index (χ4n) is 1.57. The zero-order valence-corrected chi connectivity index (χ0v) is 11.2. The lowest BCUT2D eigenvalue weighted by molar-refractivity contribution is 0.0473. The van der Waals surface area contributed by atoms with Gasteiger partial charge < -0.3 is 4.74 Å². The number of thiophene rings is 1. The van der Waals surface area contributed by atoms with Crippen LogP contribution in [-0.4, -0.2) is 15.4 Å². The second kappa shape index (κ2) is 4.94. The van der Waals surface area contributed by atoms with Gasteiger partial charge in [-0.25, -0.2) is 9.78 Å². The summed E-state index contributed by atoms with van der Waals surface area (Å²) in [5.41, 5.74) is 0.283. The number of esters is 1. The zero-order chi connectivity index (χ0) is 13.2. The minimum atomic E-state index is -0.400. The highest BCUT2D eigenvalue weighted by Gasteiger charge is 2.10. The molecule has 7 heteroatoms. The van der Waals surface area contributed by atoms with Crippen molar-refractivity contribution < 1.29 is 9.53 Å². The molecule has 19 heavy (non-hydrogen) atoms. The van der Waals surface area contributed by atoms with E-state index in [-0.39, 0.29) is 12.2 Å². The summed E-state index contributed by atoms with van der Waals surface area (Å²) in [6.07, 6.45) is 1.66. The van der Waals surface area contributed by atoms with Crippen LogP contribution in [0.15, 0.2) is 40.0 Å². The molecular formula is C12H8N2O3S2. The van der Waals surface area contributed by atoms with E-state index in [1.807, 2.05) is 0 Å². The Balaban J connectivity index is 1.78. The van der Waals surface area contributed by atoms with Crippen molar-refractivity contribution in [3.63, 3.8) is 0 Å². The molecule has 0 aliphatic heterocycles. The van der Waals surface area contributed by atoms with Gasteiger partial charge in [0.05, 0.1) is 5.69 Å². The lowest BCUT2D eigenvalue weighted by Gasteiger charge is -2.02. The molecule has 0 aromatic carbocycles. The number of hydrogen-bond donors (Lipinski definition) is 0. The molecule has 96 valence electrons. The molecule has 0 radical (unpaired) electrons. The number of carbonyl (C=O) groups is 1. The zero-order valence-electron chi connectivity index (χ0n) is 9.61. The number of nitrogens with zero attached hydrogens (tertiary/aromatic N) is 2. The highest BCUT2D eigenvalue weighted by atomic mass is 32.1. The Labute approximate surface area is 115 Å². The second-order valence-corrected chi connectivity index (χ2v) is 5.52. The van der Waals surface area contributed by atoms with Crippen molar-refractivity contribution in [3.05, 3.63) is 56.1 Å². The summed E-state index contributed by atoms with van der Waals surface area (Å²) < 4.78 is 6.57. The van der Waals surface area contributed by atoms with Gasteiger partial charge in [-0.05, 0) is 11.4 Å². The molecule has 5 nitrogen and oxygen atoms in total. The standard InChI is InChI=1S/C12H8N2O3S2/c15-10-6-8(13-12-14(10)3-5-19-12)7-17-11(16)9-2-1-4-18-9/h1-6H,7H2. The van der Waals surface area contributed by atoms with Crippen LogP contribution in [0.3, 0.4) is 0 Å². The first-order valence-corrected chi connectivity index (χ1v) is 7.16. The minimum Gasteiger partial charge on any atom is -0.455 e. The van der Waals surface area contributed by atoms with E-state index in [4.69, 9.17) is 4.74 Å². The molecule has 0 unspecified atom stereocenters. The highest BCUT2D eigenvalue weighted by molar-refractivity contribution is 7.15. The third kappa shape index (κ3) is 2.42. The number of fused-ring (bicyclic) bond motifs is 1. The van der Waals surface area contributed by atoms with Crippen LogP contribution in [0.2, 0.25) is 0 Å². The van der Waals surface area contributed by atoms with Crippen LogP contribution < -0.4 is 5.56 Å². The molecule has 0 aliphatic carbocycles. The van der Waals surface area contributed by atoms with E-state index in [0.717, 1.165) is 0 Å². The number of ether oxygens (including phenoxy) is 1. The topological polar surface area (TPSA) is 60.7 Å². The van der Waals surface area contributed by atoms with Gasteiger partial charge >= 0.3 is 5.97 Å². The molecule has 3 aromatic rings. The van der Waals surface area contributed by atoms with Gasteiger partial charge in [-0.1, -0.05) is 6.07 Å². The van der Waals surface area contributed by atoms with E-state index < -0.39 is 5.97 Å². The summed E-state index contributed by atoms with van der Waals surface area (Å²) >= 11 is 2.68. The smallest absolute Gasteiger partial charge is 0.348 e. The first-order valence-electron chi connectivity index (χ1n) is 5.40. The van der Waals surface area contributed by atoms with E-state index in [0.29, 0.717) is 15.5 Å². The van der Waals surface area contributed by atoms with Gasteiger partial charge in [0.2, 0.25) is 0 Å². The quantitative estimate of drug-likeness (QED) is 0.694. The van der Waals surface area contributed by atoms with Gasteiger partial charge in [0.25, 0.3) is 5.56 Å². The van der Waals surface area contributed by atoms with Crippen LogP contribution in [0.4, 0.5) is 0 Å². The Kier molecular flexibility index (Phi) is 3.14. The average Bonchev–Trinajstić information content (AvgIpc) is 3.06. The normalized spacial score (nSPS) is 10.7. The largest absolute Gasteiger partial charge is 0.455 e. The van der Waals surface area contributed by atoms with Gasteiger partial charge in [0.1, 0.15) is 11.5 Å². The number of thiazole rings is 1. The molecule has 0 N–H and O–H groups in total. The predicted octanol–water partition coefficient (Wildman–Crippen LogP) is 2.17. The average molecular weight is 292 g/mol. The molecule has 0 saturated heterocycles. The highest BCUT2D eigenvalue weighted by Crippen LogP contribution is 2.12. The van der Waals surface area contributed by atoms with Crippen molar-refractivity contribution in [3.8, 4) is 0 Å². The van der Waals surface area contributed by atoms with Crippen LogP contribution in [0, 0.1) is 0 Å². The van der Waals surface area contributed by atoms with Gasteiger partial charge in [-0.15, -0.1) is 22.7 Å². The van der Waals surface area contributed by atoms with Gasteiger partial charge in [-0.3, -0.25) is 9.20 Å². The third-order valence-electron chi connectivity index (χ3n) is 2.43. The van der Waals surface area contributed by atoms with Crippen LogP contribution in [-0.2, 0) is 11.3 Å². The summed E-state index contributed by atoms with van der Waals surface area (Å²) in [5.74, 6) is -0.400. The fourth-order valence-corrected chi connectivity index (χ4v) is 2.92. The Morgan fingerprint density at radius 1 is 1.37 bits per heavy atom. The van der Waals surface area contributed by atoms with E-state index in [9.17, 15) is 9.59 Å². The Morgan fingerprint density at radius 2 is 2.26 bits per heavy atom. The van der Waals surface area contributed by atoms with Crippen molar-refractivity contribution in [1.82, 2.24) is 9.38 Å². The summed E-state index contributed by atoms with van der Waals surface area (Å²) in [7, 11) is 0. The molecule has 0 aliphatic rings. The van der Waals surface area contributed by atoms with Crippen molar-refractivity contribution in [2.24, 2.45) is 0 Å². The summed E-state index contributed by atoms with van der Waals surface area (Å²) in [5, 5.41) is 3.59. The summed E-state index contributed by atoms with van der Waals surface area (Å²) in [6.45, 7) is 0.000370. The van der Waals surface area contributed by atoms with Gasteiger partial charge in [0.15, 0.2) is 4.96 Å². The molecule has 0 spiro atoms. The lowest BCUT2D eigenvalue weighted by atomic mass is 10.4. The maximum absolute atomic E-state index is 11.7. The summed E-state index contributed by atoms with van der Waals surface area (Å²) in [4.78, 5) is 28.8. The van der Waals surface area contributed by atoms with Crippen molar-refractivity contribution in [1.29, 1.82) is 0 Å². The molecule has 0 bridgehead atoms. The Morgan fingerprint density at radius 3 is 3.05 bits per heavy atom. The number of hydrogen-bond acceptors (Lipinski definition) is 6. The second-order valence-electron chi connectivity index (χ2n) is 3.69. The molecule has 0 atom stereocenters. The third-order valence-corrected chi connectivity index (χ3v) is 4.04. The fraction of sp³-hybridized carbons (Fsp3) is 0.0833. The van der Waals surface area contributed by atoms with Gasteiger partial charge in [0, 0.05) is 17.6 Å². The van der Waals surface area contributed by atoms with E-state index in [1.165, 1.54) is 33.1 Å².